The normalized spacial score (nSPS) is 16.9. The van der Waals surface area contributed by atoms with E-state index in [0.29, 0.717) is 0 Å². The summed E-state index contributed by atoms with van der Waals surface area (Å²) in [5.41, 5.74) is 7.61. The lowest BCUT2D eigenvalue weighted by Crippen LogP contribution is -2.45. The molecular formula is C14H21N3O2. The highest BCUT2D eigenvalue weighted by molar-refractivity contribution is 5.97. The summed E-state index contributed by atoms with van der Waals surface area (Å²) < 4.78 is 5.42. The summed E-state index contributed by atoms with van der Waals surface area (Å²) in [7, 11) is 3.64. The van der Waals surface area contributed by atoms with Gasteiger partial charge in [-0.2, -0.15) is 0 Å². The third-order valence-electron chi connectivity index (χ3n) is 3.44. The molecule has 0 aliphatic carbocycles. The summed E-state index contributed by atoms with van der Waals surface area (Å²) in [5.74, 6) is 0.688. The number of ether oxygens (including phenoxy) is 1. The Hall–Kier alpha value is -1.59. The van der Waals surface area contributed by atoms with Crippen LogP contribution in [0.3, 0.4) is 0 Å². The van der Waals surface area contributed by atoms with Crippen LogP contribution < -0.4 is 20.7 Å². The first-order chi connectivity index (χ1) is 8.84. The highest BCUT2D eigenvalue weighted by atomic mass is 16.5. The molecule has 1 unspecified atom stereocenters. The summed E-state index contributed by atoms with van der Waals surface area (Å²) >= 11 is 0. The van der Waals surface area contributed by atoms with E-state index in [4.69, 9.17) is 10.5 Å². The van der Waals surface area contributed by atoms with Gasteiger partial charge in [0.2, 0.25) is 0 Å². The summed E-state index contributed by atoms with van der Waals surface area (Å²) in [4.78, 5) is 13.3. The van der Waals surface area contributed by atoms with Crippen LogP contribution in [0.2, 0.25) is 0 Å². The smallest absolute Gasteiger partial charge is 0.264 e. The van der Waals surface area contributed by atoms with Crippen molar-refractivity contribution in [2.45, 2.75) is 25.4 Å². The molecule has 1 atom stereocenters. The van der Waals surface area contributed by atoms with Crippen LogP contribution in [0.4, 0.5) is 5.69 Å². The molecule has 3 N–H and O–H groups in total. The zero-order chi connectivity index (χ0) is 14.2. The van der Waals surface area contributed by atoms with E-state index in [1.807, 2.05) is 39.1 Å². The Morgan fingerprint density at radius 2 is 2.16 bits per heavy atom. The van der Waals surface area contributed by atoms with Crippen LogP contribution in [0, 0.1) is 0 Å². The van der Waals surface area contributed by atoms with E-state index in [9.17, 15) is 4.79 Å². The van der Waals surface area contributed by atoms with E-state index in [2.05, 4.69) is 5.32 Å². The van der Waals surface area contributed by atoms with Gasteiger partial charge in [0.1, 0.15) is 5.75 Å². The Bertz CT molecular complexity index is 494. The van der Waals surface area contributed by atoms with Gasteiger partial charge >= 0.3 is 0 Å². The summed E-state index contributed by atoms with van der Waals surface area (Å²) in [6.07, 6.45) is 0. The molecule has 1 heterocycles. The number of carbonyl (C=O) groups is 1. The van der Waals surface area contributed by atoms with Gasteiger partial charge in [-0.3, -0.25) is 4.79 Å². The Morgan fingerprint density at radius 3 is 2.74 bits per heavy atom. The van der Waals surface area contributed by atoms with Gasteiger partial charge < -0.3 is 20.7 Å². The molecule has 1 aliphatic rings. The van der Waals surface area contributed by atoms with E-state index in [-0.39, 0.29) is 18.6 Å². The molecule has 0 radical (unpaired) electrons. The molecule has 0 fully saturated rings. The number of carbonyl (C=O) groups excluding carboxylic acids is 1. The molecule has 1 aromatic rings. The zero-order valence-corrected chi connectivity index (χ0v) is 11.9. The number of rotatable bonds is 3. The summed E-state index contributed by atoms with van der Waals surface area (Å²) in [5, 5.41) is 3.22. The first-order valence-corrected chi connectivity index (χ1v) is 6.34. The SMILES string of the molecule is CNC(c1ccc2c(c1)N(C)C(=O)CO2)C(C)(C)N. The van der Waals surface area contributed by atoms with Crippen molar-refractivity contribution in [2.24, 2.45) is 5.73 Å². The van der Waals surface area contributed by atoms with Gasteiger partial charge in [-0.05, 0) is 38.6 Å². The topological polar surface area (TPSA) is 67.6 Å². The van der Waals surface area contributed by atoms with Gasteiger partial charge in [0.15, 0.2) is 6.61 Å². The fraction of sp³-hybridized carbons (Fsp3) is 0.500. The second-order valence-electron chi connectivity index (χ2n) is 5.51. The molecule has 0 saturated carbocycles. The van der Waals surface area contributed by atoms with Crippen molar-refractivity contribution in [3.8, 4) is 5.75 Å². The van der Waals surface area contributed by atoms with Gasteiger partial charge in [0.25, 0.3) is 5.91 Å². The van der Waals surface area contributed by atoms with Gasteiger partial charge in [0, 0.05) is 18.6 Å². The molecular weight excluding hydrogens is 242 g/mol. The van der Waals surface area contributed by atoms with Crippen molar-refractivity contribution in [3.05, 3.63) is 23.8 Å². The fourth-order valence-electron chi connectivity index (χ4n) is 2.44. The molecule has 0 aromatic heterocycles. The summed E-state index contributed by atoms with van der Waals surface area (Å²) in [6.45, 7) is 4.04. The lowest BCUT2D eigenvalue weighted by Gasteiger charge is -2.32. The molecule has 2 rings (SSSR count). The lowest BCUT2D eigenvalue weighted by molar-refractivity contribution is -0.120. The van der Waals surface area contributed by atoms with Crippen LogP contribution in [0.25, 0.3) is 0 Å². The second kappa shape index (κ2) is 4.83. The standard InChI is InChI=1S/C14H21N3O2/c1-14(2,15)13(16-3)9-5-6-11-10(7-9)17(4)12(18)8-19-11/h5-7,13,16H,8,15H2,1-4H3. The quantitative estimate of drug-likeness (QED) is 0.855. The minimum absolute atomic E-state index is 0.00299. The van der Waals surface area contributed by atoms with E-state index < -0.39 is 5.54 Å². The minimum Gasteiger partial charge on any atom is -0.482 e. The van der Waals surface area contributed by atoms with Gasteiger partial charge in [-0.1, -0.05) is 6.07 Å². The highest BCUT2D eigenvalue weighted by Gasteiger charge is 2.28. The largest absolute Gasteiger partial charge is 0.482 e. The van der Waals surface area contributed by atoms with Crippen LogP contribution in [0.15, 0.2) is 18.2 Å². The molecule has 1 aromatic carbocycles. The lowest BCUT2D eigenvalue weighted by atomic mass is 9.89. The molecule has 104 valence electrons. The minimum atomic E-state index is -0.402. The van der Waals surface area contributed by atoms with Crippen molar-refractivity contribution in [2.75, 3.05) is 25.6 Å². The van der Waals surface area contributed by atoms with E-state index in [0.717, 1.165) is 17.0 Å². The monoisotopic (exact) mass is 263 g/mol. The van der Waals surface area contributed by atoms with E-state index in [1.165, 1.54) is 0 Å². The number of hydrogen-bond acceptors (Lipinski definition) is 4. The Labute approximate surface area is 113 Å². The van der Waals surface area contributed by atoms with E-state index in [1.54, 1.807) is 11.9 Å². The number of hydrogen-bond donors (Lipinski definition) is 2. The van der Waals surface area contributed by atoms with Crippen molar-refractivity contribution in [1.29, 1.82) is 0 Å². The molecule has 0 bridgehead atoms. The van der Waals surface area contributed by atoms with Crippen LogP contribution in [-0.4, -0.2) is 32.1 Å². The third-order valence-corrected chi connectivity index (χ3v) is 3.44. The molecule has 1 aliphatic heterocycles. The zero-order valence-electron chi connectivity index (χ0n) is 11.9. The number of nitrogens with zero attached hydrogens (tertiary/aromatic N) is 1. The molecule has 19 heavy (non-hydrogen) atoms. The highest BCUT2D eigenvalue weighted by Crippen LogP contribution is 2.35. The van der Waals surface area contributed by atoms with Gasteiger partial charge in [-0.15, -0.1) is 0 Å². The van der Waals surface area contributed by atoms with Crippen LogP contribution in [0.5, 0.6) is 5.75 Å². The van der Waals surface area contributed by atoms with E-state index >= 15 is 0 Å². The number of nitrogens with one attached hydrogen (secondary N) is 1. The Morgan fingerprint density at radius 1 is 1.47 bits per heavy atom. The first-order valence-electron chi connectivity index (χ1n) is 6.34. The first kappa shape index (κ1) is 13.8. The maximum Gasteiger partial charge on any atom is 0.264 e. The van der Waals surface area contributed by atoms with Crippen molar-refractivity contribution in [1.82, 2.24) is 5.32 Å². The van der Waals surface area contributed by atoms with Gasteiger partial charge in [-0.25, -0.2) is 0 Å². The fourth-order valence-corrected chi connectivity index (χ4v) is 2.44. The van der Waals surface area contributed by atoms with Crippen LogP contribution in [-0.2, 0) is 4.79 Å². The predicted molar refractivity (Wildman–Crippen MR) is 75.4 cm³/mol. The Balaban J connectivity index is 2.42. The molecule has 5 nitrogen and oxygen atoms in total. The number of nitrogens with two attached hydrogens (primary N) is 1. The molecule has 1 amide bonds. The van der Waals surface area contributed by atoms with Gasteiger partial charge in [0.05, 0.1) is 5.69 Å². The number of amides is 1. The number of fused-ring (bicyclic) bond motifs is 1. The molecule has 0 saturated heterocycles. The molecule has 0 spiro atoms. The number of benzene rings is 1. The Kier molecular flexibility index (Phi) is 3.52. The van der Waals surface area contributed by atoms with Crippen molar-refractivity contribution in [3.63, 3.8) is 0 Å². The van der Waals surface area contributed by atoms with Crippen LogP contribution in [0.1, 0.15) is 25.5 Å². The molecule has 5 heteroatoms. The second-order valence-corrected chi connectivity index (χ2v) is 5.51. The van der Waals surface area contributed by atoms with Crippen molar-refractivity contribution < 1.29 is 9.53 Å². The number of anilines is 1. The average molecular weight is 263 g/mol. The average Bonchev–Trinajstić information content (AvgIpc) is 2.33. The third kappa shape index (κ3) is 2.57. The predicted octanol–water partition coefficient (Wildman–Crippen LogP) is 1.04. The maximum atomic E-state index is 11.7. The summed E-state index contributed by atoms with van der Waals surface area (Å²) in [6, 6.07) is 5.84. The van der Waals surface area contributed by atoms with Crippen molar-refractivity contribution >= 4 is 11.6 Å². The van der Waals surface area contributed by atoms with Crippen LogP contribution >= 0.6 is 0 Å². The number of likely N-dealkylation sites (N-methyl/N-ethyl adjacent to an activating group) is 2. The maximum absolute atomic E-state index is 11.7.